The van der Waals surface area contributed by atoms with Gasteiger partial charge in [0.05, 0.1) is 18.3 Å². The Morgan fingerprint density at radius 3 is 2.46 bits per heavy atom. The molecule has 6 nitrogen and oxygen atoms in total. The van der Waals surface area contributed by atoms with E-state index in [1.807, 2.05) is 36.4 Å². The van der Waals surface area contributed by atoms with Crippen LogP contribution in [0.3, 0.4) is 0 Å². The minimum atomic E-state index is -0.352. The highest BCUT2D eigenvalue weighted by Crippen LogP contribution is 2.28. The van der Waals surface area contributed by atoms with Gasteiger partial charge in [0.1, 0.15) is 0 Å². The number of rotatable bonds is 5. The minimum Gasteiger partial charge on any atom is -0.436 e. The van der Waals surface area contributed by atoms with E-state index in [2.05, 4.69) is 10.3 Å². The standard InChI is InChI=1S/C20H19N3O3/c1-23(2)18(24)13-21-19(25)15-10-6-7-11-16(15)20-22-12-17(26-20)14-8-4-3-5-9-14/h3-12H,13H2,1-2H3,(H,21,25). The van der Waals surface area contributed by atoms with Gasteiger partial charge in [0, 0.05) is 25.2 Å². The molecule has 0 spiro atoms. The molecule has 26 heavy (non-hydrogen) atoms. The van der Waals surface area contributed by atoms with Crippen molar-refractivity contribution >= 4 is 11.8 Å². The topological polar surface area (TPSA) is 75.4 Å². The third kappa shape index (κ3) is 3.80. The summed E-state index contributed by atoms with van der Waals surface area (Å²) >= 11 is 0. The van der Waals surface area contributed by atoms with E-state index < -0.39 is 0 Å². The van der Waals surface area contributed by atoms with Crippen LogP contribution in [0.1, 0.15) is 10.4 Å². The monoisotopic (exact) mass is 349 g/mol. The van der Waals surface area contributed by atoms with Gasteiger partial charge in [-0.1, -0.05) is 42.5 Å². The second kappa shape index (κ2) is 7.65. The lowest BCUT2D eigenvalue weighted by Crippen LogP contribution is -2.36. The van der Waals surface area contributed by atoms with E-state index in [1.165, 1.54) is 4.90 Å². The molecule has 2 aromatic carbocycles. The SMILES string of the molecule is CN(C)C(=O)CNC(=O)c1ccccc1-c1ncc(-c2ccccc2)o1. The predicted molar refractivity (Wildman–Crippen MR) is 98.4 cm³/mol. The summed E-state index contributed by atoms with van der Waals surface area (Å²) in [5.74, 6) is 0.445. The number of aromatic nitrogens is 1. The minimum absolute atomic E-state index is 0.0684. The Morgan fingerprint density at radius 1 is 1.04 bits per heavy atom. The Morgan fingerprint density at radius 2 is 1.73 bits per heavy atom. The molecule has 0 aliphatic carbocycles. The zero-order valence-corrected chi connectivity index (χ0v) is 14.6. The number of nitrogens with zero attached hydrogens (tertiary/aromatic N) is 2. The molecule has 1 aromatic heterocycles. The summed E-state index contributed by atoms with van der Waals surface area (Å²) in [5.41, 5.74) is 1.88. The van der Waals surface area contributed by atoms with E-state index in [1.54, 1.807) is 38.5 Å². The van der Waals surface area contributed by atoms with Crippen molar-refractivity contribution in [2.24, 2.45) is 0 Å². The maximum atomic E-state index is 12.5. The van der Waals surface area contributed by atoms with Gasteiger partial charge in [-0.15, -0.1) is 0 Å². The van der Waals surface area contributed by atoms with Crippen LogP contribution in [0.15, 0.2) is 65.2 Å². The maximum absolute atomic E-state index is 12.5. The van der Waals surface area contributed by atoms with Crippen LogP contribution in [-0.2, 0) is 4.79 Å². The Bertz CT molecular complexity index is 917. The third-order valence-electron chi connectivity index (χ3n) is 3.87. The van der Waals surface area contributed by atoms with Gasteiger partial charge in [0.25, 0.3) is 5.91 Å². The summed E-state index contributed by atoms with van der Waals surface area (Å²) in [6, 6.07) is 16.6. The molecule has 0 saturated heterocycles. The van der Waals surface area contributed by atoms with Gasteiger partial charge in [0.2, 0.25) is 11.8 Å². The quantitative estimate of drug-likeness (QED) is 0.768. The first-order chi connectivity index (χ1) is 12.6. The molecule has 0 bridgehead atoms. The van der Waals surface area contributed by atoms with Gasteiger partial charge in [0.15, 0.2) is 5.76 Å². The van der Waals surface area contributed by atoms with Crippen LogP contribution >= 0.6 is 0 Å². The van der Waals surface area contributed by atoms with E-state index in [9.17, 15) is 9.59 Å². The molecule has 1 heterocycles. The lowest BCUT2D eigenvalue weighted by Gasteiger charge is -2.12. The number of hydrogen-bond donors (Lipinski definition) is 1. The molecule has 2 amide bonds. The number of carbonyl (C=O) groups is 2. The number of nitrogens with one attached hydrogen (secondary N) is 1. The molecular formula is C20H19N3O3. The van der Waals surface area contributed by atoms with E-state index in [0.717, 1.165) is 5.56 Å². The number of benzene rings is 2. The Labute approximate surface area is 151 Å². The lowest BCUT2D eigenvalue weighted by molar-refractivity contribution is -0.127. The number of carbonyl (C=O) groups excluding carboxylic acids is 2. The van der Waals surface area contributed by atoms with Crippen molar-refractivity contribution in [2.75, 3.05) is 20.6 Å². The Kier molecular flexibility index (Phi) is 5.12. The third-order valence-corrected chi connectivity index (χ3v) is 3.87. The van der Waals surface area contributed by atoms with Crippen LogP contribution < -0.4 is 5.32 Å². The van der Waals surface area contributed by atoms with Gasteiger partial charge < -0.3 is 14.6 Å². The van der Waals surface area contributed by atoms with E-state index in [4.69, 9.17) is 4.42 Å². The van der Waals surface area contributed by atoms with E-state index >= 15 is 0 Å². The molecule has 1 N–H and O–H groups in total. The molecule has 0 saturated carbocycles. The molecule has 0 aliphatic rings. The van der Waals surface area contributed by atoms with Gasteiger partial charge in [-0.2, -0.15) is 0 Å². The smallest absolute Gasteiger partial charge is 0.252 e. The highest BCUT2D eigenvalue weighted by atomic mass is 16.4. The fourth-order valence-electron chi connectivity index (χ4n) is 2.41. The molecule has 3 rings (SSSR count). The van der Waals surface area contributed by atoms with E-state index in [-0.39, 0.29) is 18.4 Å². The average Bonchev–Trinajstić information content (AvgIpc) is 3.16. The van der Waals surface area contributed by atoms with Crippen molar-refractivity contribution in [1.82, 2.24) is 15.2 Å². The van der Waals surface area contributed by atoms with Crippen molar-refractivity contribution in [3.63, 3.8) is 0 Å². The summed E-state index contributed by atoms with van der Waals surface area (Å²) < 4.78 is 5.84. The second-order valence-electron chi connectivity index (χ2n) is 5.91. The second-order valence-corrected chi connectivity index (χ2v) is 5.91. The molecule has 132 valence electrons. The number of hydrogen-bond acceptors (Lipinski definition) is 4. The van der Waals surface area contributed by atoms with Crippen molar-refractivity contribution in [1.29, 1.82) is 0 Å². The molecule has 6 heteroatoms. The van der Waals surface area contributed by atoms with Gasteiger partial charge in [-0.3, -0.25) is 9.59 Å². The van der Waals surface area contributed by atoms with Gasteiger partial charge >= 0.3 is 0 Å². The van der Waals surface area contributed by atoms with Crippen molar-refractivity contribution in [3.05, 3.63) is 66.4 Å². The number of likely N-dealkylation sites (N-methyl/N-ethyl adjacent to an activating group) is 1. The van der Waals surface area contributed by atoms with Crippen LogP contribution in [0, 0.1) is 0 Å². The average molecular weight is 349 g/mol. The largest absolute Gasteiger partial charge is 0.436 e. The molecule has 0 atom stereocenters. The molecule has 0 aliphatic heterocycles. The van der Waals surface area contributed by atoms with Crippen LogP contribution in [0.4, 0.5) is 0 Å². The van der Waals surface area contributed by atoms with Crippen molar-refractivity contribution in [3.8, 4) is 22.8 Å². The van der Waals surface area contributed by atoms with Crippen LogP contribution in [0.2, 0.25) is 0 Å². The highest BCUT2D eigenvalue weighted by Gasteiger charge is 2.17. The molecule has 0 fully saturated rings. The maximum Gasteiger partial charge on any atom is 0.252 e. The Hall–Kier alpha value is -3.41. The zero-order chi connectivity index (χ0) is 18.5. The highest BCUT2D eigenvalue weighted by molar-refractivity contribution is 6.01. The van der Waals surface area contributed by atoms with Gasteiger partial charge in [-0.05, 0) is 12.1 Å². The van der Waals surface area contributed by atoms with E-state index in [0.29, 0.717) is 22.8 Å². The fraction of sp³-hybridized carbons (Fsp3) is 0.150. The first-order valence-corrected chi connectivity index (χ1v) is 8.15. The fourth-order valence-corrected chi connectivity index (χ4v) is 2.41. The molecular weight excluding hydrogens is 330 g/mol. The summed E-state index contributed by atoms with van der Waals surface area (Å²) in [7, 11) is 3.28. The predicted octanol–water partition coefficient (Wildman–Crippen LogP) is 2.83. The first kappa shape index (κ1) is 17.4. The van der Waals surface area contributed by atoms with Crippen LogP contribution in [-0.4, -0.2) is 42.3 Å². The number of amides is 2. The van der Waals surface area contributed by atoms with Gasteiger partial charge in [-0.25, -0.2) is 4.98 Å². The number of oxazole rings is 1. The van der Waals surface area contributed by atoms with Crippen LogP contribution in [0.5, 0.6) is 0 Å². The molecule has 0 unspecified atom stereocenters. The first-order valence-electron chi connectivity index (χ1n) is 8.15. The summed E-state index contributed by atoms with van der Waals surface area (Å²) in [4.78, 5) is 29.9. The lowest BCUT2D eigenvalue weighted by atomic mass is 10.1. The Balaban J connectivity index is 1.85. The zero-order valence-electron chi connectivity index (χ0n) is 14.6. The summed E-state index contributed by atoms with van der Waals surface area (Å²) in [6.07, 6.45) is 1.63. The van der Waals surface area contributed by atoms with Crippen LogP contribution in [0.25, 0.3) is 22.8 Å². The molecule has 0 radical (unpaired) electrons. The summed E-state index contributed by atoms with van der Waals surface area (Å²) in [6.45, 7) is -0.0684. The van der Waals surface area contributed by atoms with Crippen molar-refractivity contribution in [2.45, 2.75) is 0 Å². The normalized spacial score (nSPS) is 10.4. The molecule has 3 aromatic rings. The van der Waals surface area contributed by atoms with Crippen molar-refractivity contribution < 1.29 is 14.0 Å². The summed E-state index contributed by atoms with van der Waals surface area (Å²) in [5, 5.41) is 2.63.